The summed E-state index contributed by atoms with van der Waals surface area (Å²) in [6.07, 6.45) is 2.83. The van der Waals surface area contributed by atoms with Crippen molar-refractivity contribution < 1.29 is 5.11 Å². The van der Waals surface area contributed by atoms with Gasteiger partial charge in [0.15, 0.2) is 0 Å². The lowest BCUT2D eigenvalue weighted by Gasteiger charge is -2.23. The monoisotopic (exact) mass is 270 g/mol. The number of nitrogens with zero attached hydrogens (tertiary/aromatic N) is 4. The van der Waals surface area contributed by atoms with Crippen molar-refractivity contribution in [2.24, 2.45) is 0 Å². The minimum Gasteiger partial charge on any atom is -0.385 e. The summed E-state index contributed by atoms with van der Waals surface area (Å²) in [5.74, 6) is 0.749. The third-order valence-corrected chi connectivity index (χ3v) is 3.25. The molecule has 1 N–H and O–H groups in total. The van der Waals surface area contributed by atoms with E-state index in [2.05, 4.69) is 23.1 Å². The number of benzene rings is 1. The summed E-state index contributed by atoms with van der Waals surface area (Å²) in [6.45, 7) is 4.58. The lowest BCUT2D eigenvalue weighted by Crippen LogP contribution is -2.26. The largest absolute Gasteiger partial charge is 0.385 e. The first-order valence-electron chi connectivity index (χ1n) is 6.66. The zero-order valence-corrected chi connectivity index (χ0v) is 11.7. The van der Waals surface area contributed by atoms with E-state index in [4.69, 9.17) is 5.26 Å². The van der Waals surface area contributed by atoms with Gasteiger partial charge in [0.2, 0.25) is 0 Å². The molecule has 5 nitrogen and oxygen atoms in total. The van der Waals surface area contributed by atoms with Crippen LogP contribution in [0.25, 0.3) is 0 Å². The van der Waals surface area contributed by atoms with Crippen LogP contribution in [0.2, 0.25) is 0 Å². The van der Waals surface area contributed by atoms with Crippen molar-refractivity contribution in [3.63, 3.8) is 0 Å². The predicted octanol–water partition coefficient (Wildman–Crippen LogP) is 2.01. The Kier molecular flexibility index (Phi) is 4.16. The molecule has 0 bridgehead atoms. The van der Waals surface area contributed by atoms with Crippen molar-refractivity contribution >= 4 is 0 Å². The molecule has 2 aromatic rings. The van der Waals surface area contributed by atoms with Gasteiger partial charge in [-0.2, -0.15) is 10.4 Å². The zero-order chi connectivity index (χ0) is 14.6. The zero-order valence-electron chi connectivity index (χ0n) is 11.7. The highest BCUT2D eigenvalue weighted by Crippen LogP contribution is 2.25. The van der Waals surface area contributed by atoms with E-state index in [0.29, 0.717) is 17.5 Å². The molecule has 1 atom stereocenters. The van der Waals surface area contributed by atoms with Crippen molar-refractivity contribution in [3.8, 4) is 6.07 Å². The van der Waals surface area contributed by atoms with Crippen LogP contribution in [0.4, 0.5) is 0 Å². The fourth-order valence-corrected chi connectivity index (χ4v) is 2.16. The Labute approximate surface area is 118 Å². The Hall–Kier alpha value is -2.19. The van der Waals surface area contributed by atoms with Crippen LogP contribution in [-0.2, 0) is 18.6 Å². The van der Waals surface area contributed by atoms with E-state index in [0.717, 1.165) is 18.8 Å². The summed E-state index contributed by atoms with van der Waals surface area (Å²) in [5.41, 5.74) is 0.172. The van der Waals surface area contributed by atoms with Crippen LogP contribution in [0, 0.1) is 11.3 Å². The highest BCUT2D eigenvalue weighted by molar-refractivity contribution is 5.35. The van der Waals surface area contributed by atoms with Crippen LogP contribution in [0.1, 0.15) is 37.2 Å². The third-order valence-electron chi connectivity index (χ3n) is 3.25. The lowest BCUT2D eigenvalue weighted by atomic mass is 9.91. The van der Waals surface area contributed by atoms with E-state index in [1.54, 1.807) is 25.1 Å². The van der Waals surface area contributed by atoms with Gasteiger partial charge in [-0.3, -0.25) is 0 Å². The molecule has 0 fully saturated rings. The normalized spacial score (nSPS) is 13.7. The third kappa shape index (κ3) is 3.03. The standard InChI is InChI=1S/C15H18N4O/c1-3-7-19-14(17-11-18-19)9-15(2,20)13-6-4-5-12(8-13)10-16/h4-6,8,11,20H,3,7,9H2,1-2H3. The lowest BCUT2D eigenvalue weighted by molar-refractivity contribution is 0.0542. The minimum absolute atomic E-state index is 0.363. The topological polar surface area (TPSA) is 74.7 Å². The van der Waals surface area contributed by atoms with Gasteiger partial charge in [-0.1, -0.05) is 19.1 Å². The van der Waals surface area contributed by atoms with Crippen molar-refractivity contribution in [3.05, 3.63) is 47.5 Å². The second kappa shape index (κ2) is 5.85. The second-order valence-electron chi connectivity index (χ2n) is 5.04. The predicted molar refractivity (Wildman–Crippen MR) is 74.7 cm³/mol. The maximum absolute atomic E-state index is 10.7. The van der Waals surface area contributed by atoms with Crippen molar-refractivity contribution in [2.75, 3.05) is 0 Å². The Bertz CT molecular complexity index is 625. The molecule has 1 aromatic heterocycles. The number of rotatable bonds is 5. The van der Waals surface area contributed by atoms with Gasteiger partial charge in [-0.15, -0.1) is 0 Å². The second-order valence-corrected chi connectivity index (χ2v) is 5.04. The van der Waals surface area contributed by atoms with Gasteiger partial charge in [-0.05, 0) is 31.0 Å². The van der Waals surface area contributed by atoms with Gasteiger partial charge < -0.3 is 5.11 Å². The fourth-order valence-electron chi connectivity index (χ4n) is 2.16. The molecular formula is C15H18N4O. The smallest absolute Gasteiger partial charge is 0.138 e. The molecule has 0 radical (unpaired) electrons. The number of hydrogen-bond acceptors (Lipinski definition) is 4. The molecule has 2 rings (SSSR count). The molecule has 0 spiro atoms. The van der Waals surface area contributed by atoms with Gasteiger partial charge >= 0.3 is 0 Å². The van der Waals surface area contributed by atoms with Crippen LogP contribution >= 0.6 is 0 Å². The summed E-state index contributed by atoms with van der Waals surface area (Å²) in [7, 11) is 0. The Balaban J connectivity index is 2.26. The van der Waals surface area contributed by atoms with Gasteiger partial charge in [-0.25, -0.2) is 9.67 Å². The average molecular weight is 270 g/mol. The quantitative estimate of drug-likeness (QED) is 0.901. The Morgan fingerprint density at radius 3 is 2.95 bits per heavy atom. The molecule has 0 saturated carbocycles. The maximum Gasteiger partial charge on any atom is 0.138 e. The Morgan fingerprint density at radius 1 is 1.45 bits per heavy atom. The number of aromatic nitrogens is 3. The molecule has 0 saturated heterocycles. The van der Waals surface area contributed by atoms with Crippen LogP contribution in [0.3, 0.4) is 0 Å². The van der Waals surface area contributed by atoms with Gasteiger partial charge in [0.25, 0.3) is 0 Å². The molecule has 0 amide bonds. The molecule has 1 aromatic carbocycles. The molecule has 20 heavy (non-hydrogen) atoms. The van der Waals surface area contributed by atoms with E-state index in [1.165, 1.54) is 6.33 Å². The molecule has 5 heteroatoms. The summed E-state index contributed by atoms with van der Waals surface area (Å²) in [5, 5.41) is 23.8. The van der Waals surface area contributed by atoms with Crippen LogP contribution in [0.15, 0.2) is 30.6 Å². The highest BCUT2D eigenvalue weighted by Gasteiger charge is 2.26. The van der Waals surface area contributed by atoms with Crippen molar-refractivity contribution in [1.29, 1.82) is 5.26 Å². The number of aliphatic hydroxyl groups is 1. The van der Waals surface area contributed by atoms with E-state index in [-0.39, 0.29) is 0 Å². The van der Waals surface area contributed by atoms with Gasteiger partial charge in [0.1, 0.15) is 12.2 Å². The first kappa shape index (κ1) is 14.2. The molecular weight excluding hydrogens is 252 g/mol. The van der Waals surface area contributed by atoms with E-state index in [9.17, 15) is 5.11 Å². The van der Waals surface area contributed by atoms with Gasteiger partial charge in [0.05, 0.1) is 17.2 Å². The Morgan fingerprint density at radius 2 is 2.25 bits per heavy atom. The molecule has 1 heterocycles. The van der Waals surface area contributed by atoms with Gasteiger partial charge in [0, 0.05) is 13.0 Å². The van der Waals surface area contributed by atoms with Crippen LogP contribution in [-0.4, -0.2) is 19.9 Å². The van der Waals surface area contributed by atoms with E-state index in [1.807, 2.05) is 10.7 Å². The van der Waals surface area contributed by atoms with Crippen molar-refractivity contribution in [2.45, 2.75) is 38.8 Å². The summed E-state index contributed by atoms with van der Waals surface area (Å²) >= 11 is 0. The molecule has 104 valence electrons. The fraction of sp³-hybridized carbons (Fsp3) is 0.400. The summed E-state index contributed by atoms with van der Waals surface area (Å²) in [6, 6.07) is 9.11. The molecule has 0 aliphatic rings. The number of nitriles is 1. The van der Waals surface area contributed by atoms with Crippen LogP contribution in [0.5, 0.6) is 0 Å². The van der Waals surface area contributed by atoms with E-state index >= 15 is 0 Å². The van der Waals surface area contributed by atoms with Crippen LogP contribution < -0.4 is 0 Å². The highest BCUT2D eigenvalue weighted by atomic mass is 16.3. The first-order valence-corrected chi connectivity index (χ1v) is 6.66. The number of aryl methyl sites for hydroxylation is 1. The summed E-state index contributed by atoms with van der Waals surface area (Å²) in [4.78, 5) is 4.21. The maximum atomic E-state index is 10.7. The minimum atomic E-state index is -1.08. The van der Waals surface area contributed by atoms with Crippen molar-refractivity contribution in [1.82, 2.24) is 14.8 Å². The van der Waals surface area contributed by atoms with E-state index < -0.39 is 5.60 Å². The molecule has 0 aliphatic carbocycles. The first-order chi connectivity index (χ1) is 9.56. The average Bonchev–Trinajstić information content (AvgIpc) is 2.86. The molecule has 1 unspecified atom stereocenters. The number of hydrogen-bond donors (Lipinski definition) is 1. The molecule has 0 aliphatic heterocycles. The SMILES string of the molecule is CCCn1ncnc1CC(C)(O)c1cccc(C#N)c1. The summed E-state index contributed by atoms with van der Waals surface area (Å²) < 4.78 is 1.81.